The Balaban J connectivity index is 1.84. The molecule has 0 radical (unpaired) electrons. The van der Waals surface area contributed by atoms with E-state index in [1.807, 2.05) is 43.3 Å². The summed E-state index contributed by atoms with van der Waals surface area (Å²) in [6.07, 6.45) is 1.69. The molecule has 21 heavy (non-hydrogen) atoms. The van der Waals surface area contributed by atoms with Crippen LogP contribution in [0, 0.1) is 18.3 Å². The van der Waals surface area contributed by atoms with Crippen LogP contribution >= 0.6 is 0 Å². The second kappa shape index (κ2) is 7.30. The number of benzene rings is 1. The molecule has 0 saturated carbocycles. The van der Waals surface area contributed by atoms with E-state index in [1.165, 1.54) is 0 Å². The number of ether oxygens (including phenoxy) is 1. The number of nitriles is 1. The molecular weight excluding hydrogens is 264 g/mol. The van der Waals surface area contributed by atoms with Gasteiger partial charge in [0.05, 0.1) is 6.61 Å². The number of aryl methyl sites for hydroxylation is 1. The van der Waals surface area contributed by atoms with Crippen LogP contribution in [0.3, 0.4) is 0 Å². The van der Waals surface area contributed by atoms with Gasteiger partial charge in [0.1, 0.15) is 17.4 Å². The zero-order chi connectivity index (χ0) is 15.1. The van der Waals surface area contributed by atoms with Crippen LogP contribution in [-0.4, -0.2) is 11.2 Å². The quantitative estimate of drug-likeness (QED) is 0.765. The van der Waals surface area contributed by atoms with Crippen LogP contribution in [0.1, 0.15) is 24.1 Å². The largest absolute Gasteiger partial charge is 0.494 e. The van der Waals surface area contributed by atoms with E-state index in [9.17, 15) is 4.79 Å². The van der Waals surface area contributed by atoms with Crippen molar-refractivity contribution in [2.75, 3.05) is 6.61 Å². The number of hydrogen-bond donors (Lipinski definition) is 0. The number of para-hydroxylation sites is 1. The highest BCUT2D eigenvalue weighted by Crippen LogP contribution is 2.09. The minimum atomic E-state index is -0.207. The molecule has 0 aliphatic carbocycles. The van der Waals surface area contributed by atoms with Crippen molar-refractivity contribution in [3.8, 4) is 11.8 Å². The molecule has 0 atom stereocenters. The Morgan fingerprint density at radius 1 is 1.14 bits per heavy atom. The van der Waals surface area contributed by atoms with Crippen LogP contribution < -0.4 is 10.3 Å². The summed E-state index contributed by atoms with van der Waals surface area (Å²) in [5.41, 5.74) is 0.866. The lowest BCUT2D eigenvalue weighted by atomic mass is 10.2. The van der Waals surface area contributed by atoms with Crippen molar-refractivity contribution in [3.05, 3.63) is 64.1 Å². The van der Waals surface area contributed by atoms with Gasteiger partial charge in [0.2, 0.25) is 0 Å². The maximum Gasteiger partial charge on any atom is 0.268 e. The van der Waals surface area contributed by atoms with Crippen molar-refractivity contribution >= 4 is 0 Å². The van der Waals surface area contributed by atoms with Crippen molar-refractivity contribution in [3.63, 3.8) is 0 Å². The monoisotopic (exact) mass is 282 g/mol. The van der Waals surface area contributed by atoms with Crippen LogP contribution in [0.15, 0.2) is 47.3 Å². The van der Waals surface area contributed by atoms with Gasteiger partial charge in [0.25, 0.3) is 5.56 Å². The Hall–Kier alpha value is -2.54. The van der Waals surface area contributed by atoms with E-state index < -0.39 is 0 Å². The van der Waals surface area contributed by atoms with E-state index in [0.717, 1.165) is 24.3 Å². The molecule has 1 aromatic carbocycles. The first-order chi connectivity index (χ1) is 10.2. The molecule has 0 bridgehead atoms. The molecule has 108 valence electrons. The lowest BCUT2D eigenvalue weighted by Gasteiger charge is -2.10. The molecule has 0 saturated heterocycles. The maximum atomic E-state index is 12.0. The molecule has 2 rings (SSSR count). The van der Waals surface area contributed by atoms with E-state index in [1.54, 1.807) is 16.7 Å². The van der Waals surface area contributed by atoms with Crippen LogP contribution in [0.2, 0.25) is 0 Å². The van der Waals surface area contributed by atoms with Gasteiger partial charge < -0.3 is 9.30 Å². The van der Waals surface area contributed by atoms with Gasteiger partial charge in [-0.15, -0.1) is 0 Å². The Morgan fingerprint density at radius 3 is 2.62 bits per heavy atom. The van der Waals surface area contributed by atoms with E-state index in [2.05, 4.69) is 0 Å². The fourth-order valence-electron chi connectivity index (χ4n) is 2.11. The molecule has 0 aliphatic rings. The van der Waals surface area contributed by atoms with E-state index in [-0.39, 0.29) is 11.1 Å². The molecule has 0 spiro atoms. The summed E-state index contributed by atoms with van der Waals surface area (Å²) in [6.45, 7) is 3.11. The SMILES string of the molecule is Cc1ccc(C#N)c(=O)n1CCCCOc1ccccc1. The molecule has 4 nitrogen and oxygen atoms in total. The minimum Gasteiger partial charge on any atom is -0.494 e. The summed E-state index contributed by atoms with van der Waals surface area (Å²) in [7, 11) is 0. The van der Waals surface area contributed by atoms with Crippen LogP contribution in [0.5, 0.6) is 5.75 Å². The molecule has 1 heterocycles. The van der Waals surface area contributed by atoms with Crippen molar-refractivity contribution in [1.29, 1.82) is 5.26 Å². The average molecular weight is 282 g/mol. The van der Waals surface area contributed by atoms with E-state index >= 15 is 0 Å². The first kappa shape index (κ1) is 14.9. The first-order valence-corrected chi connectivity index (χ1v) is 7.01. The van der Waals surface area contributed by atoms with Crippen LogP contribution in [0.4, 0.5) is 0 Å². The Kier molecular flexibility index (Phi) is 5.16. The number of hydrogen-bond acceptors (Lipinski definition) is 3. The minimum absolute atomic E-state index is 0.195. The van der Waals surface area contributed by atoms with E-state index in [4.69, 9.17) is 10.00 Å². The predicted molar refractivity (Wildman–Crippen MR) is 81.3 cm³/mol. The Morgan fingerprint density at radius 2 is 1.90 bits per heavy atom. The summed E-state index contributed by atoms with van der Waals surface area (Å²) in [5.74, 6) is 0.859. The summed E-state index contributed by atoms with van der Waals surface area (Å²) in [5, 5.41) is 8.89. The summed E-state index contributed by atoms with van der Waals surface area (Å²) in [4.78, 5) is 12.0. The van der Waals surface area contributed by atoms with Crippen molar-refractivity contribution < 1.29 is 4.74 Å². The number of pyridine rings is 1. The Bertz CT molecular complexity index is 684. The third-order valence-corrected chi connectivity index (χ3v) is 3.30. The van der Waals surface area contributed by atoms with E-state index in [0.29, 0.717) is 13.2 Å². The third kappa shape index (κ3) is 3.96. The average Bonchev–Trinajstić information content (AvgIpc) is 2.51. The molecule has 0 fully saturated rings. The Labute approximate surface area is 124 Å². The highest BCUT2D eigenvalue weighted by Gasteiger charge is 2.05. The summed E-state index contributed by atoms with van der Waals surface area (Å²) >= 11 is 0. The van der Waals surface area contributed by atoms with Gasteiger partial charge in [-0.3, -0.25) is 4.79 Å². The summed E-state index contributed by atoms with van der Waals surface area (Å²) < 4.78 is 7.26. The lowest BCUT2D eigenvalue weighted by molar-refractivity contribution is 0.302. The van der Waals surface area contributed by atoms with Gasteiger partial charge in [-0.25, -0.2) is 0 Å². The molecule has 4 heteroatoms. The van der Waals surface area contributed by atoms with Crippen molar-refractivity contribution in [1.82, 2.24) is 4.57 Å². The highest BCUT2D eigenvalue weighted by molar-refractivity contribution is 5.27. The molecule has 0 aliphatic heterocycles. The number of rotatable bonds is 6. The first-order valence-electron chi connectivity index (χ1n) is 7.01. The molecular formula is C17H18N2O2. The standard InChI is InChI=1S/C17H18N2O2/c1-14-9-10-15(13-18)17(20)19(14)11-5-6-12-21-16-7-3-2-4-8-16/h2-4,7-10H,5-6,11-12H2,1H3. The fraction of sp³-hybridized carbons (Fsp3) is 0.294. The van der Waals surface area contributed by atoms with Crippen molar-refractivity contribution in [2.24, 2.45) is 0 Å². The smallest absolute Gasteiger partial charge is 0.268 e. The predicted octanol–water partition coefficient (Wildman–Crippen LogP) is 2.89. The van der Waals surface area contributed by atoms with Crippen molar-refractivity contribution in [2.45, 2.75) is 26.3 Å². The highest BCUT2D eigenvalue weighted by atomic mass is 16.5. The van der Waals surface area contributed by atoms with Gasteiger partial charge in [-0.2, -0.15) is 5.26 Å². The number of unbranched alkanes of at least 4 members (excludes halogenated alkanes) is 1. The zero-order valence-corrected chi connectivity index (χ0v) is 12.1. The summed E-state index contributed by atoms with van der Waals surface area (Å²) in [6, 6.07) is 15.0. The number of aromatic nitrogens is 1. The van der Waals surface area contributed by atoms with Crippen LogP contribution in [-0.2, 0) is 6.54 Å². The molecule has 2 aromatic rings. The topological polar surface area (TPSA) is 55.0 Å². The molecule has 0 N–H and O–H groups in total. The van der Waals surface area contributed by atoms with Gasteiger partial charge in [-0.1, -0.05) is 18.2 Å². The molecule has 1 aromatic heterocycles. The van der Waals surface area contributed by atoms with Crippen LogP contribution in [0.25, 0.3) is 0 Å². The lowest BCUT2D eigenvalue weighted by Crippen LogP contribution is -2.24. The maximum absolute atomic E-state index is 12.0. The van der Waals surface area contributed by atoms with Gasteiger partial charge in [0.15, 0.2) is 0 Å². The second-order valence-electron chi connectivity index (χ2n) is 4.83. The molecule has 0 amide bonds. The number of nitrogens with zero attached hydrogens (tertiary/aromatic N) is 2. The molecule has 0 unspecified atom stereocenters. The fourth-order valence-corrected chi connectivity index (χ4v) is 2.11. The third-order valence-electron chi connectivity index (χ3n) is 3.30. The second-order valence-corrected chi connectivity index (χ2v) is 4.83. The van der Waals surface area contributed by atoms with Gasteiger partial charge in [-0.05, 0) is 44.0 Å². The van der Waals surface area contributed by atoms with Gasteiger partial charge in [0, 0.05) is 12.2 Å². The zero-order valence-electron chi connectivity index (χ0n) is 12.1. The van der Waals surface area contributed by atoms with Gasteiger partial charge >= 0.3 is 0 Å². The normalized spacial score (nSPS) is 10.1.